The summed E-state index contributed by atoms with van der Waals surface area (Å²) in [7, 11) is 0. The molecule has 2 unspecified atom stereocenters. The molecule has 0 radical (unpaired) electrons. The summed E-state index contributed by atoms with van der Waals surface area (Å²) in [4.78, 5) is 17.1. The SMILES string of the molecule is O=CN1CC(c2ccc(C(F)(F)F)cc2)CC(c2nc(CCO)no2)C1. The van der Waals surface area contributed by atoms with Gasteiger partial charge in [0.1, 0.15) is 0 Å². The third kappa shape index (κ3) is 4.04. The van der Waals surface area contributed by atoms with Crippen molar-refractivity contribution in [1.29, 1.82) is 0 Å². The summed E-state index contributed by atoms with van der Waals surface area (Å²) in [5.41, 5.74) is 0.0241. The molecule has 0 spiro atoms. The van der Waals surface area contributed by atoms with E-state index >= 15 is 0 Å². The maximum atomic E-state index is 12.7. The molecule has 1 saturated heterocycles. The van der Waals surface area contributed by atoms with Crippen molar-refractivity contribution in [2.45, 2.75) is 30.9 Å². The Labute approximate surface area is 147 Å². The van der Waals surface area contributed by atoms with Crippen LogP contribution in [0, 0.1) is 0 Å². The minimum atomic E-state index is -4.38. The van der Waals surface area contributed by atoms with Crippen LogP contribution in [0.2, 0.25) is 0 Å². The van der Waals surface area contributed by atoms with E-state index in [4.69, 9.17) is 9.63 Å². The van der Waals surface area contributed by atoms with Crippen LogP contribution in [0.4, 0.5) is 13.2 Å². The molecule has 1 N–H and O–H groups in total. The lowest BCUT2D eigenvalue weighted by Gasteiger charge is -2.34. The summed E-state index contributed by atoms with van der Waals surface area (Å²) >= 11 is 0. The molecular weight excluding hydrogens is 351 g/mol. The molecule has 3 rings (SSSR count). The highest BCUT2D eigenvalue weighted by Crippen LogP contribution is 2.36. The first-order chi connectivity index (χ1) is 12.4. The number of nitrogens with zero attached hydrogens (tertiary/aromatic N) is 3. The lowest BCUT2D eigenvalue weighted by molar-refractivity contribution is -0.137. The van der Waals surface area contributed by atoms with E-state index in [-0.39, 0.29) is 24.9 Å². The summed E-state index contributed by atoms with van der Waals surface area (Å²) in [5, 5.41) is 12.7. The number of aromatic nitrogens is 2. The van der Waals surface area contributed by atoms with Crippen LogP contribution >= 0.6 is 0 Å². The number of aliphatic hydroxyl groups is 1. The van der Waals surface area contributed by atoms with Gasteiger partial charge in [0.25, 0.3) is 0 Å². The average Bonchev–Trinajstić information content (AvgIpc) is 3.10. The summed E-state index contributed by atoms with van der Waals surface area (Å²) in [5.74, 6) is 0.421. The van der Waals surface area contributed by atoms with Gasteiger partial charge in [-0.05, 0) is 24.1 Å². The first-order valence-electron chi connectivity index (χ1n) is 8.20. The Morgan fingerprint density at radius 1 is 1.23 bits per heavy atom. The zero-order valence-corrected chi connectivity index (χ0v) is 13.8. The van der Waals surface area contributed by atoms with E-state index in [1.54, 1.807) is 4.90 Å². The van der Waals surface area contributed by atoms with E-state index in [9.17, 15) is 18.0 Å². The number of aliphatic hydroxyl groups excluding tert-OH is 1. The largest absolute Gasteiger partial charge is 0.416 e. The van der Waals surface area contributed by atoms with E-state index in [1.165, 1.54) is 12.1 Å². The van der Waals surface area contributed by atoms with E-state index < -0.39 is 11.7 Å². The Kier molecular flexibility index (Phi) is 5.26. The zero-order chi connectivity index (χ0) is 18.7. The normalized spacial score (nSPS) is 21.0. The molecule has 0 bridgehead atoms. The van der Waals surface area contributed by atoms with E-state index in [0.29, 0.717) is 37.6 Å². The third-order valence-electron chi connectivity index (χ3n) is 4.51. The van der Waals surface area contributed by atoms with Gasteiger partial charge in [-0.2, -0.15) is 18.2 Å². The predicted octanol–water partition coefficient (Wildman–Crippen LogP) is 2.35. The number of hydrogen-bond donors (Lipinski definition) is 1. The predicted molar refractivity (Wildman–Crippen MR) is 84.3 cm³/mol. The van der Waals surface area contributed by atoms with Crippen LogP contribution in [-0.4, -0.2) is 46.3 Å². The number of likely N-dealkylation sites (tertiary alicyclic amines) is 1. The fraction of sp³-hybridized carbons (Fsp3) is 0.471. The third-order valence-corrected chi connectivity index (χ3v) is 4.51. The molecule has 2 atom stereocenters. The highest BCUT2D eigenvalue weighted by Gasteiger charge is 2.33. The fourth-order valence-corrected chi connectivity index (χ4v) is 3.22. The lowest BCUT2D eigenvalue weighted by Crippen LogP contribution is -2.37. The monoisotopic (exact) mass is 369 g/mol. The molecule has 26 heavy (non-hydrogen) atoms. The summed E-state index contributed by atoms with van der Waals surface area (Å²) in [6.07, 6.45) is -2.81. The van der Waals surface area contributed by atoms with Crippen molar-refractivity contribution in [2.24, 2.45) is 0 Å². The second-order valence-electron chi connectivity index (χ2n) is 6.33. The molecular formula is C17H18F3N3O3. The number of rotatable bonds is 5. The molecule has 1 aliphatic rings. The number of amides is 1. The molecule has 0 saturated carbocycles. The summed E-state index contributed by atoms with van der Waals surface area (Å²) in [6.45, 7) is 0.725. The molecule has 1 aromatic heterocycles. The summed E-state index contributed by atoms with van der Waals surface area (Å²) in [6, 6.07) is 5.00. The van der Waals surface area contributed by atoms with Gasteiger partial charge in [0.15, 0.2) is 5.82 Å². The Morgan fingerprint density at radius 2 is 1.92 bits per heavy atom. The molecule has 1 fully saturated rings. The van der Waals surface area contributed by atoms with Crippen LogP contribution in [0.5, 0.6) is 0 Å². The maximum Gasteiger partial charge on any atom is 0.416 e. The molecule has 6 nitrogen and oxygen atoms in total. The van der Waals surface area contributed by atoms with Gasteiger partial charge >= 0.3 is 6.18 Å². The van der Waals surface area contributed by atoms with Crippen molar-refractivity contribution in [3.05, 3.63) is 47.1 Å². The molecule has 1 aromatic carbocycles. The zero-order valence-electron chi connectivity index (χ0n) is 13.8. The van der Waals surface area contributed by atoms with Crippen LogP contribution < -0.4 is 0 Å². The van der Waals surface area contributed by atoms with Crippen LogP contribution in [0.3, 0.4) is 0 Å². The number of carbonyl (C=O) groups is 1. The smallest absolute Gasteiger partial charge is 0.396 e. The second kappa shape index (κ2) is 7.45. The minimum absolute atomic E-state index is 0.0989. The number of benzene rings is 1. The van der Waals surface area contributed by atoms with Crippen molar-refractivity contribution in [2.75, 3.05) is 19.7 Å². The molecule has 2 aromatic rings. The Bertz CT molecular complexity index is 746. The number of hydrogen-bond acceptors (Lipinski definition) is 5. The lowest BCUT2D eigenvalue weighted by atomic mass is 9.84. The quantitative estimate of drug-likeness (QED) is 0.819. The van der Waals surface area contributed by atoms with Gasteiger partial charge in [0, 0.05) is 25.4 Å². The first kappa shape index (κ1) is 18.4. The Balaban J connectivity index is 1.79. The minimum Gasteiger partial charge on any atom is -0.396 e. The van der Waals surface area contributed by atoms with Gasteiger partial charge in [-0.25, -0.2) is 0 Å². The second-order valence-corrected chi connectivity index (χ2v) is 6.33. The van der Waals surface area contributed by atoms with Crippen molar-refractivity contribution in [1.82, 2.24) is 15.0 Å². The number of alkyl halides is 3. The van der Waals surface area contributed by atoms with Crippen LogP contribution in [0.15, 0.2) is 28.8 Å². The van der Waals surface area contributed by atoms with Gasteiger partial charge in [0.05, 0.1) is 18.1 Å². The van der Waals surface area contributed by atoms with Gasteiger partial charge in [-0.3, -0.25) is 4.79 Å². The first-order valence-corrected chi connectivity index (χ1v) is 8.20. The Hall–Kier alpha value is -2.42. The van der Waals surface area contributed by atoms with Crippen LogP contribution in [0.1, 0.15) is 41.1 Å². The molecule has 140 valence electrons. The van der Waals surface area contributed by atoms with E-state index in [1.807, 2.05) is 0 Å². The maximum absolute atomic E-state index is 12.7. The number of piperidine rings is 1. The van der Waals surface area contributed by atoms with E-state index in [0.717, 1.165) is 17.7 Å². The standard InChI is InChI=1S/C17H18F3N3O3/c18-17(19,20)14-3-1-11(2-4-14)12-7-13(9-23(8-12)10-25)16-21-15(5-6-24)22-26-16/h1-4,10,12-13,24H,5-9H2. The molecule has 0 aliphatic carbocycles. The van der Waals surface area contributed by atoms with Gasteiger partial charge < -0.3 is 14.5 Å². The Morgan fingerprint density at radius 3 is 2.54 bits per heavy atom. The topological polar surface area (TPSA) is 79.5 Å². The van der Waals surface area contributed by atoms with E-state index in [2.05, 4.69) is 10.1 Å². The number of carbonyl (C=O) groups excluding carboxylic acids is 1. The molecule has 1 aliphatic heterocycles. The van der Waals surface area contributed by atoms with Gasteiger partial charge in [0.2, 0.25) is 12.3 Å². The van der Waals surface area contributed by atoms with Gasteiger partial charge in [-0.1, -0.05) is 17.3 Å². The highest BCUT2D eigenvalue weighted by atomic mass is 19.4. The van der Waals surface area contributed by atoms with Crippen molar-refractivity contribution < 1.29 is 27.6 Å². The fourth-order valence-electron chi connectivity index (χ4n) is 3.22. The summed E-state index contributed by atoms with van der Waals surface area (Å²) < 4.78 is 43.4. The van der Waals surface area contributed by atoms with Crippen LogP contribution in [-0.2, 0) is 17.4 Å². The number of halogens is 3. The van der Waals surface area contributed by atoms with Crippen LogP contribution in [0.25, 0.3) is 0 Å². The molecule has 9 heteroatoms. The highest BCUT2D eigenvalue weighted by molar-refractivity contribution is 5.48. The van der Waals surface area contributed by atoms with Gasteiger partial charge in [-0.15, -0.1) is 0 Å². The average molecular weight is 369 g/mol. The molecule has 2 heterocycles. The van der Waals surface area contributed by atoms with Crippen molar-refractivity contribution >= 4 is 6.41 Å². The molecule has 1 amide bonds. The van der Waals surface area contributed by atoms with Crippen molar-refractivity contribution in [3.63, 3.8) is 0 Å². The van der Waals surface area contributed by atoms with Crippen molar-refractivity contribution in [3.8, 4) is 0 Å².